The van der Waals surface area contributed by atoms with E-state index < -0.39 is 23.3 Å². The summed E-state index contributed by atoms with van der Waals surface area (Å²) in [5, 5.41) is 4.33. The van der Waals surface area contributed by atoms with Crippen molar-refractivity contribution in [3.8, 4) is 0 Å². The highest BCUT2D eigenvalue weighted by atomic mass is 16.3. The van der Waals surface area contributed by atoms with Crippen molar-refractivity contribution in [2.24, 2.45) is 11.3 Å². The zero-order chi connectivity index (χ0) is 14.0. The fourth-order valence-corrected chi connectivity index (χ4v) is 2.41. The summed E-state index contributed by atoms with van der Waals surface area (Å²) in [6, 6.07) is 2.63. The van der Waals surface area contributed by atoms with Crippen LogP contribution in [0, 0.1) is 11.3 Å². The van der Waals surface area contributed by atoms with Crippen molar-refractivity contribution in [1.82, 2.24) is 10.6 Å². The Hall–Kier alpha value is -2.11. The predicted molar refractivity (Wildman–Crippen MR) is 66.0 cm³/mol. The highest BCUT2D eigenvalue weighted by Crippen LogP contribution is 2.33. The van der Waals surface area contributed by atoms with Crippen molar-refractivity contribution in [2.45, 2.75) is 26.7 Å². The Kier molecular flexibility index (Phi) is 3.42. The molecule has 0 spiro atoms. The van der Waals surface area contributed by atoms with Gasteiger partial charge in [-0.25, -0.2) is 4.79 Å². The molecule has 1 aromatic heterocycles. The van der Waals surface area contributed by atoms with E-state index in [-0.39, 0.29) is 12.3 Å². The normalized spacial score (nSPS) is 18.4. The first-order valence-corrected chi connectivity index (χ1v) is 6.13. The number of urea groups is 1. The van der Waals surface area contributed by atoms with Crippen LogP contribution in [0.25, 0.3) is 0 Å². The van der Waals surface area contributed by atoms with Gasteiger partial charge < -0.3 is 4.42 Å². The molecular formula is C13H16N2O4. The molecule has 6 nitrogen and oxygen atoms in total. The van der Waals surface area contributed by atoms with Crippen LogP contribution in [0.4, 0.5) is 4.79 Å². The molecule has 0 aromatic carbocycles. The molecule has 0 bridgehead atoms. The molecule has 0 atom stereocenters. The Labute approximate surface area is 110 Å². The van der Waals surface area contributed by atoms with Crippen LogP contribution >= 0.6 is 0 Å². The van der Waals surface area contributed by atoms with Gasteiger partial charge in [0.05, 0.1) is 6.26 Å². The molecule has 1 fully saturated rings. The van der Waals surface area contributed by atoms with Crippen molar-refractivity contribution in [3.63, 3.8) is 0 Å². The third-order valence-corrected chi connectivity index (χ3v) is 3.14. The summed E-state index contributed by atoms with van der Waals surface area (Å²) in [7, 11) is 0. The zero-order valence-corrected chi connectivity index (χ0v) is 10.9. The van der Waals surface area contributed by atoms with E-state index in [1.807, 2.05) is 13.8 Å². The van der Waals surface area contributed by atoms with Crippen molar-refractivity contribution in [2.75, 3.05) is 0 Å². The van der Waals surface area contributed by atoms with Crippen LogP contribution in [-0.2, 0) is 16.0 Å². The Morgan fingerprint density at radius 2 is 1.84 bits per heavy atom. The van der Waals surface area contributed by atoms with E-state index in [0.717, 1.165) is 0 Å². The second-order valence-corrected chi connectivity index (χ2v) is 5.17. The molecule has 19 heavy (non-hydrogen) atoms. The summed E-state index contributed by atoms with van der Waals surface area (Å²) in [6.07, 6.45) is 1.98. The van der Waals surface area contributed by atoms with Crippen LogP contribution in [0.1, 0.15) is 26.0 Å². The van der Waals surface area contributed by atoms with Crippen molar-refractivity contribution in [3.05, 3.63) is 24.2 Å². The largest absolute Gasteiger partial charge is 0.469 e. The van der Waals surface area contributed by atoms with E-state index in [0.29, 0.717) is 12.2 Å². The lowest BCUT2D eigenvalue weighted by Crippen LogP contribution is -2.63. The number of nitrogens with one attached hydrogen (secondary N) is 2. The van der Waals surface area contributed by atoms with Gasteiger partial charge in [0.25, 0.3) is 0 Å². The predicted octanol–water partition coefficient (Wildman–Crippen LogP) is 1.22. The number of barbiturate groups is 1. The van der Waals surface area contributed by atoms with Crippen LogP contribution in [0.3, 0.4) is 0 Å². The lowest BCUT2D eigenvalue weighted by molar-refractivity contribution is -0.145. The molecule has 1 aliphatic rings. The van der Waals surface area contributed by atoms with Crippen molar-refractivity contribution in [1.29, 1.82) is 0 Å². The van der Waals surface area contributed by atoms with E-state index in [4.69, 9.17) is 4.42 Å². The monoisotopic (exact) mass is 264 g/mol. The standard InChI is InChI=1S/C13H16N2O4/c1-8(2)6-13(7-9-4-3-5-19-9)10(16)14-12(18)15-11(13)17/h3-5,8H,6-7H2,1-2H3,(H2,14,15,16,17,18). The molecule has 1 saturated heterocycles. The van der Waals surface area contributed by atoms with E-state index in [1.54, 1.807) is 12.1 Å². The molecule has 0 radical (unpaired) electrons. The van der Waals surface area contributed by atoms with Gasteiger partial charge in [0.2, 0.25) is 11.8 Å². The number of imide groups is 2. The first-order valence-electron chi connectivity index (χ1n) is 6.13. The molecule has 0 aliphatic carbocycles. The minimum Gasteiger partial charge on any atom is -0.469 e. The number of hydrogen-bond acceptors (Lipinski definition) is 4. The Morgan fingerprint density at radius 3 is 2.32 bits per heavy atom. The highest BCUT2D eigenvalue weighted by Gasteiger charge is 2.50. The molecule has 2 heterocycles. The van der Waals surface area contributed by atoms with E-state index in [9.17, 15) is 14.4 Å². The maximum absolute atomic E-state index is 12.2. The van der Waals surface area contributed by atoms with Gasteiger partial charge >= 0.3 is 6.03 Å². The molecule has 1 aromatic rings. The summed E-state index contributed by atoms with van der Waals surface area (Å²) in [6.45, 7) is 3.84. The van der Waals surface area contributed by atoms with Gasteiger partial charge in [-0.2, -0.15) is 0 Å². The maximum Gasteiger partial charge on any atom is 0.328 e. The molecule has 2 N–H and O–H groups in total. The second kappa shape index (κ2) is 4.87. The molecule has 4 amide bonds. The van der Waals surface area contributed by atoms with Crippen LogP contribution in [-0.4, -0.2) is 17.8 Å². The summed E-state index contributed by atoms with van der Waals surface area (Å²) in [4.78, 5) is 35.5. The Balaban J connectivity index is 2.35. The molecular weight excluding hydrogens is 248 g/mol. The lowest BCUT2D eigenvalue weighted by atomic mass is 9.74. The zero-order valence-electron chi connectivity index (χ0n) is 10.9. The second-order valence-electron chi connectivity index (χ2n) is 5.17. The summed E-state index contributed by atoms with van der Waals surface area (Å²) in [5.41, 5.74) is -1.29. The number of amides is 4. The number of furan rings is 1. The molecule has 0 unspecified atom stereocenters. The van der Waals surface area contributed by atoms with E-state index in [2.05, 4.69) is 10.6 Å². The average Bonchev–Trinajstić information content (AvgIpc) is 2.77. The number of rotatable bonds is 4. The van der Waals surface area contributed by atoms with Crippen molar-refractivity contribution < 1.29 is 18.8 Å². The smallest absolute Gasteiger partial charge is 0.328 e. The Bertz CT molecular complexity index is 485. The van der Waals surface area contributed by atoms with Gasteiger partial charge in [-0.1, -0.05) is 13.8 Å². The van der Waals surface area contributed by atoms with Gasteiger partial charge in [0, 0.05) is 6.42 Å². The molecule has 0 saturated carbocycles. The summed E-state index contributed by atoms with van der Waals surface area (Å²) < 4.78 is 5.22. The first-order chi connectivity index (χ1) is 8.94. The van der Waals surface area contributed by atoms with Gasteiger partial charge in [-0.05, 0) is 24.5 Å². The quantitative estimate of drug-likeness (QED) is 0.800. The van der Waals surface area contributed by atoms with E-state index >= 15 is 0 Å². The third-order valence-electron chi connectivity index (χ3n) is 3.14. The average molecular weight is 264 g/mol. The number of carbonyl (C=O) groups is 3. The molecule has 102 valence electrons. The fourth-order valence-electron chi connectivity index (χ4n) is 2.41. The number of hydrogen-bond donors (Lipinski definition) is 2. The topological polar surface area (TPSA) is 88.4 Å². The summed E-state index contributed by atoms with van der Waals surface area (Å²) in [5.74, 6) is -0.460. The van der Waals surface area contributed by atoms with Crippen LogP contribution in [0.5, 0.6) is 0 Å². The van der Waals surface area contributed by atoms with E-state index in [1.165, 1.54) is 6.26 Å². The van der Waals surface area contributed by atoms with Gasteiger partial charge in [-0.15, -0.1) is 0 Å². The molecule has 1 aliphatic heterocycles. The Morgan fingerprint density at radius 1 is 1.21 bits per heavy atom. The number of carbonyl (C=O) groups excluding carboxylic acids is 3. The minimum atomic E-state index is -1.29. The van der Waals surface area contributed by atoms with Gasteiger partial charge in [0.15, 0.2) is 0 Å². The fraction of sp³-hybridized carbons (Fsp3) is 0.462. The summed E-state index contributed by atoms with van der Waals surface area (Å²) >= 11 is 0. The van der Waals surface area contributed by atoms with Crippen LogP contribution < -0.4 is 10.6 Å². The van der Waals surface area contributed by atoms with Crippen LogP contribution in [0.2, 0.25) is 0 Å². The maximum atomic E-state index is 12.2. The third kappa shape index (κ3) is 2.52. The van der Waals surface area contributed by atoms with Crippen molar-refractivity contribution >= 4 is 17.8 Å². The minimum absolute atomic E-state index is 0.125. The first kappa shape index (κ1) is 13.3. The van der Waals surface area contributed by atoms with Crippen LogP contribution in [0.15, 0.2) is 22.8 Å². The molecule has 2 rings (SSSR count). The van der Waals surface area contributed by atoms with Gasteiger partial charge in [-0.3, -0.25) is 20.2 Å². The lowest BCUT2D eigenvalue weighted by Gasteiger charge is -2.34. The van der Waals surface area contributed by atoms with Gasteiger partial charge in [0.1, 0.15) is 11.2 Å². The SMILES string of the molecule is CC(C)CC1(Cc2ccco2)C(=O)NC(=O)NC1=O. The molecule has 6 heteroatoms. The highest BCUT2D eigenvalue weighted by molar-refractivity contribution is 6.19.